The molecule has 5 heteroatoms. The lowest BCUT2D eigenvalue weighted by Crippen LogP contribution is -2.02. The van der Waals surface area contributed by atoms with E-state index in [-0.39, 0.29) is 5.97 Å². The highest BCUT2D eigenvalue weighted by Crippen LogP contribution is 2.29. The number of nitrogens with two attached hydrogens (primary N) is 1. The molecule has 1 aromatic heterocycles. The molecular weight excluding hydrogens is 272 g/mol. The molecule has 1 heterocycles. The zero-order chi connectivity index (χ0) is 14.5. The summed E-state index contributed by atoms with van der Waals surface area (Å²) in [6.45, 7) is 2.59. The Balaban J connectivity index is 2.38. The van der Waals surface area contributed by atoms with Crippen LogP contribution < -0.4 is 5.73 Å². The van der Waals surface area contributed by atoms with Crippen LogP contribution in [0.5, 0.6) is 0 Å². The summed E-state index contributed by atoms with van der Waals surface area (Å²) in [5.41, 5.74) is 8.49. The highest BCUT2D eigenvalue weighted by molar-refractivity contribution is 7.17. The predicted octanol–water partition coefficient (Wildman–Crippen LogP) is 3.01. The second kappa shape index (κ2) is 6.63. The third-order valence-corrected chi connectivity index (χ3v) is 4.12. The standard InChI is InChI=1S/C15H18N2O2S/c1-3-4-12-13(15(18)19-2)20-14(17-12)11-7-5-10(9-16)6-8-11/h5-8H,3-4,9,16H2,1-2H3. The first kappa shape index (κ1) is 14.7. The third kappa shape index (κ3) is 3.05. The Morgan fingerprint density at radius 3 is 2.60 bits per heavy atom. The number of nitrogens with zero attached hydrogens (tertiary/aromatic N) is 1. The number of thiazole rings is 1. The van der Waals surface area contributed by atoms with Crippen molar-refractivity contribution >= 4 is 17.3 Å². The fourth-order valence-electron chi connectivity index (χ4n) is 1.92. The Morgan fingerprint density at radius 1 is 1.35 bits per heavy atom. The van der Waals surface area contributed by atoms with Crippen LogP contribution in [-0.4, -0.2) is 18.1 Å². The predicted molar refractivity (Wildman–Crippen MR) is 80.8 cm³/mol. The molecule has 0 unspecified atom stereocenters. The van der Waals surface area contributed by atoms with E-state index >= 15 is 0 Å². The van der Waals surface area contributed by atoms with Crippen molar-refractivity contribution in [3.8, 4) is 10.6 Å². The van der Waals surface area contributed by atoms with Gasteiger partial charge in [-0.1, -0.05) is 37.6 Å². The SMILES string of the molecule is CCCc1nc(-c2ccc(CN)cc2)sc1C(=O)OC. The zero-order valence-electron chi connectivity index (χ0n) is 11.7. The lowest BCUT2D eigenvalue weighted by Gasteiger charge is -1.98. The number of aromatic nitrogens is 1. The summed E-state index contributed by atoms with van der Waals surface area (Å²) in [6.07, 6.45) is 1.72. The molecular formula is C15H18N2O2S. The summed E-state index contributed by atoms with van der Waals surface area (Å²) >= 11 is 1.38. The van der Waals surface area contributed by atoms with Gasteiger partial charge in [0, 0.05) is 12.1 Å². The van der Waals surface area contributed by atoms with E-state index in [1.165, 1.54) is 18.4 Å². The van der Waals surface area contributed by atoms with E-state index in [0.717, 1.165) is 34.7 Å². The first-order valence-corrected chi connectivity index (χ1v) is 7.38. The van der Waals surface area contributed by atoms with Gasteiger partial charge in [0.25, 0.3) is 0 Å². The summed E-state index contributed by atoms with van der Waals surface area (Å²) < 4.78 is 4.82. The summed E-state index contributed by atoms with van der Waals surface area (Å²) in [7, 11) is 1.40. The van der Waals surface area contributed by atoms with Gasteiger partial charge in [0.05, 0.1) is 12.8 Å². The fraction of sp³-hybridized carbons (Fsp3) is 0.333. The Bertz CT molecular complexity index is 590. The smallest absolute Gasteiger partial charge is 0.349 e. The van der Waals surface area contributed by atoms with Crippen LogP contribution in [0.1, 0.15) is 34.3 Å². The fourth-order valence-corrected chi connectivity index (χ4v) is 2.95. The van der Waals surface area contributed by atoms with Crippen molar-refractivity contribution in [3.05, 3.63) is 40.4 Å². The van der Waals surface area contributed by atoms with Crippen LogP contribution in [-0.2, 0) is 17.7 Å². The molecule has 106 valence electrons. The first-order chi connectivity index (χ1) is 9.69. The van der Waals surface area contributed by atoms with Gasteiger partial charge in [-0.25, -0.2) is 9.78 Å². The summed E-state index contributed by atoms with van der Waals surface area (Å²) in [4.78, 5) is 17.0. The molecule has 0 spiro atoms. The van der Waals surface area contributed by atoms with E-state index in [1.807, 2.05) is 24.3 Å². The van der Waals surface area contributed by atoms with Gasteiger partial charge in [-0.15, -0.1) is 11.3 Å². The average molecular weight is 290 g/mol. The summed E-state index contributed by atoms with van der Waals surface area (Å²) in [5.74, 6) is -0.309. The number of rotatable bonds is 5. The van der Waals surface area contributed by atoms with Crippen molar-refractivity contribution in [2.75, 3.05) is 7.11 Å². The first-order valence-electron chi connectivity index (χ1n) is 6.57. The van der Waals surface area contributed by atoms with Crippen molar-refractivity contribution in [2.45, 2.75) is 26.3 Å². The van der Waals surface area contributed by atoms with Crippen LogP contribution in [0.3, 0.4) is 0 Å². The summed E-state index contributed by atoms with van der Waals surface area (Å²) in [5, 5.41) is 0.845. The maximum atomic E-state index is 11.8. The average Bonchev–Trinajstić information content (AvgIpc) is 2.91. The van der Waals surface area contributed by atoms with E-state index < -0.39 is 0 Å². The van der Waals surface area contributed by atoms with Crippen LogP contribution in [0.15, 0.2) is 24.3 Å². The Labute approximate surface area is 122 Å². The molecule has 0 aliphatic heterocycles. The van der Waals surface area contributed by atoms with Crippen molar-refractivity contribution in [1.82, 2.24) is 4.98 Å². The minimum atomic E-state index is -0.309. The number of ether oxygens (including phenoxy) is 1. The van der Waals surface area contributed by atoms with Crippen LogP contribution in [0.2, 0.25) is 0 Å². The number of esters is 1. The number of carbonyl (C=O) groups is 1. The third-order valence-electron chi connectivity index (χ3n) is 2.99. The van der Waals surface area contributed by atoms with Gasteiger partial charge in [-0.2, -0.15) is 0 Å². The van der Waals surface area contributed by atoms with E-state index in [9.17, 15) is 4.79 Å². The molecule has 2 rings (SSSR count). The highest BCUT2D eigenvalue weighted by Gasteiger charge is 2.18. The normalized spacial score (nSPS) is 10.6. The van der Waals surface area contributed by atoms with Crippen molar-refractivity contribution in [3.63, 3.8) is 0 Å². The van der Waals surface area contributed by atoms with Crippen molar-refractivity contribution < 1.29 is 9.53 Å². The van der Waals surface area contributed by atoms with Gasteiger partial charge in [0.2, 0.25) is 0 Å². The van der Waals surface area contributed by atoms with Gasteiger partial charge < -0.3 is 10.5 Å². The number of aryl methyl sites for hydroxylation is 1. The largest absolute Gasteiger partial charge is 0.465 e. The quantitative estimate of drug-likeness (QED) is 0.860. The van der Waals surface area contributed by atoms with Crippen LogP contribution in [0.4, 0.5) is 0 Å². The number of carbonyl (C=O) groups excluding carboxylic acids is 1. The molecule has 0 aliphatic carbocycles. The Morgan fingerprint density at radius 2 is 2.05 bits per heavy atom. The molecule has 2 aromatic rings. The molecule has 0 atom stereocenters. The van der Waals surface area contributed by atoms with Crippen LogP contribution in [0, 0.1) is 0 Å². The summed E-state index contributed by atoms with van der Waals surface area (Å²) in [6, 6.07) is 7.93. The minimum absolute atomic E-state index is 0.309. The number of hydrogen-bond donors (Lipinski definition) is 1. The second-order valence-corrected chi connectivity index (χ2v) is 5.44. The van der Waals surface area contributed by atoms with Gasteiger partial charge in [-0.3, -0.25) is 0 Å². The molecule has 1 aromatic carbocycles. The highest BCUT2D eigenvalue weighted by atomic mass is 32.1. The molecule has 4 nitrogen and oxygen atoms in total. The van der Waals surface area contributed by atoms with Gasteiger partial charge >= 0.3 is 5.97 Å². The van der Waals surface area contributed by atoms with E-state index in [4.69, 9.17) is 10.5 Å². The van der Waals surface area contributed by atoms with Crippen molar-refractivity contribution in [2.24, 2.45) is 5.73 Å². The molecule has 0 bridgehead atoms. The lowest BCUT2D eigenvalue weighted by molar-refractivity contribution is 0.0605. The second-order valence-electron chi connectivity index (χ2n) is 4.44. The minimum Gasteiger partial charge on any atom is -0.465 e. The monoisotopic (exact) mass is 290 g/mol. The Hall–Kier alpha value is -1.72. The molecule has 0 aliphatic rings. The molecule has 0 amide bonds. The maximum Gasteiger partial charge on any atom is 0.349 e. The molecule has 0 fully saturated rings. The molecule has 20 heavy (non-hydrogen) atoms. The maximum absolute atomic E-state index is 11.8. The molecule has 2 N–H and O–H groups in total. The molecule has 0 saturated heterocycles. The van der Waals surface area contributed by atoms with Crippen molar-refractivity contribution in [1.29, 1.82) is 0 Å². The van der Waals surface area contributed by atoms with Crippen LogP contribution >= 0.6 is 11.3 Å². The Kier molecular flexibility index (Phi) is 4.87. The van der Waals surface area contributed by atoms with Gasteiger partial charge in [0.1, 0.15) is 9.88 Å². The number of benzene rings is 1. The van der Waals surface area contributed by atoms with Gasteiger partial charge in [-0.05, 0) is 12.0 Å². The number of methoxy groups -OCH3 is 1. The van der Waals surface area contributed by atoms with E-state index in [1.54, 1.807) is 0 Å². The van der Waals surface area contributed by atoms with Gasteiger partial charge in [0.15, 0.2) is 0 Å². The van der Waals surface area contributed by atoms with Crippen LogP contribution in [0.25, 0.3) is 10.6 Å². The lowest BCUT2D eigenvalue weighted by atomic mass is 10.1. The van der Waals surface area contributed by atoms with E-state index in [2.05, 4.69) is 11.9 Å². The molecule has 0 saturated carbocycles. The zero-order valence-corrected chi connectivity index (χ0v) is 12.5. The number of hydrogen-bond acceptors (Lipinski definition) is 5. The topological polar surface area (TPSA) is 65.2 Å². The van der Waals surface area contributed by atoms with E-state index in [0.29, 0.717) is 11.4 Å². The molecule has 0 radical (unpaired) electrons.